The van der Waals surface area contributed by atoms with Crippen molar-refractivity contribution in [2.24, 2.45) is 7.05 Å². The number of nitrogens with zero attached hydrogens (tertiary/aromatic N) is 7. The molecule has 344 valence electrons. The Hall–Kier alpha value is -5.75. The Labute approximate surface area is 384 Å². The summed E-state index contributed by atoms with van der Waals surface area (Å²) in [7, 11) is -1.94. The molecule has 2 aromatic heterocycles. The minimum Gasteiger partial charge on any atom is -0.353 e. The molecule has 1 unspecified atom stereocenters. The summed E-state index contributed by atoms with van der Waals surface area (Å²) in [6.07, 6.45) is 12.0. The van der Waals surface area contributed by atoms with E-state index in [4.69, 9.17) is 14.5 Å². The molecule has 5 aromatic rings. The number of urea groups is 1. The van der Waals surface area contributed by atoms with E-state index in [0.29, 0.717) is 42.3 Å². The summed E-state index contributed by atoms with van der Waals surface area (Å²) in [4.78, 5) is 54.1. The molecule has 3 saturated heterocycles. The fourth-order valence-electron chi connectivity index (χ4n) is 10.8. The normalized spacial score (nSPS) is 23.7. The highest BCUT2D eigenvalue weighted by Gasteiger charge is 2.61. The molecule has 16 nitrogen and oxygen atoms in total. The van der Waals surface area contributed by atoms with Crippen molar-refractivity contribution < 1.29 is 32.3 Å². The topological polar surface area (TPSA) is 181 Å². The molecule has 4 aliphatic heterocycles. The van der Waals surface area contributed by atoms with Gasteiger partial charge in [0.25, 0.3) is 0 Å². The van der Waals surface area contributed by atoms with E-state index >= 15 is 0 Å². The Morgan fingerprint density at radius 3 is 2.50 bits per heavy atom. The van der Waals surface area contributed by atoms with Gasteiger partial charge in [-0.25, -0.2) is 18.2 Å². The number of hydrogen-bond acceptors (Lipinski definition) is 12. The third kappa shape index (κ3) is 8.02. The van der Waals surface area contributed by atoms with Crippen LogP contribution >= 0.6 is 0 Å². The Bertz CT molecular complexity index is 2820. The largest absolute Gasteiger partial charge is 0.353 e. The van der Waals surface area contributed by atoms with Crippen LogP contribution in [0.1, 0.15) is 99.7 Å². The molecular weight excluding hydrogens is 859 g/mol. The van der Waals surface area contributed by atoms with Crippen molar-refractivity contribution >= 4 is 61.9 Å². The molecule has 3 atom stereocenters. The zero-order valence-electron chi connectivity index (χ0n) is 37.2. The molecule has 6 aliphatic rings. The summed E-state index contributed by atoms with van der Waals surface area (Å²) < 4.78 is 42.0. The van der Waals surface area contributed by atoms with Gasteiger partial charge < -0.3 is 14.8 Å². The summed E-state index contributed by atoms with van der Waals surface area (Å²) in [5, 5.41) is 11.2. The third-order valence-corrected chi connectivity index (χ3v) is 16.4. The van der Waals surface area contributed by atoms with E-state index in [1.165, 1.54) is 10.5 Å². The number of nitrogens with one attached hydrogen (secondary N) is 2. The van der Waals surface area contributed by atoms with E-state index in [1.54, 1.807) is 47.3 Å². The lowest BCUT2D eigenvalue weighted by Gasteiger charge is -2.37. The molecule has 17 heteroatoms. The van der Waals surface area contributed by atoms with Crippen molar-refractivity contribution in [3.8, 4) is 0 Å². The van der Waals surface area contributed by atoms with Crippen molar-refractivity contribution in [3.05, 3.63) is 89.6 Å². The van der Waals surface area contributed by atoms with Gasteiger partial charge in [-0.2, -0.15) is 10.1 Å². The maximum absolute atomic E-state index is 14.0. The second-order valence-electron chi connectivity index (χ2n) is 18.9. The summed E-state index contributed by atoms with van der Waals surface area (Å²) >= 11 is 0. The first kappa shape index (κ1) is 42.9. The average molecular weight is 914 g/mol. The molecule has 2 saturated carbocycles. The number of amides is 4. The second-order valence-corrected chi connectivity index (χ2v) is 20.8. The van der Waals surface area contributed by atoms with Gasteiger partial charge in [0.2, 0.25) is 27.6 Å². The van der Waals surface area contributed by atoms with Gasteiger partial charge in [0, 0.05) is 62.0 Å². The Balaban J connectivity index is 0.722. The van der Waals surface area contributed by atoms with Crippen LogP contribution in [0, 0.1) is 0 Å². The first-order chi connectivity index (χ1) is 32.0. The number of sulfone groups is 1. The van der Waals surface area contributed by atoms with Gasteiger partial charge in [-0.1, -0.05) is 18.2 Å². The maximum atomic E-state index is 14.0. The molecule has 2 N–H and O–H groups in total. The van der Waals surface area contributed by atoms with Crippen molar-refractivity contribution in [3.63, 3.8) is 0 Å². The van der Waals surface area contributed by atoms with Gasteiger partial charge >= 0.3 is 6.03 Å². The molecular formula is C49H55N9O7S. The van der Waals surface area contributed by atoms with E-state index in [0.717, 1.165) is 112 Å². The standard InChI is InChI=1S/C49H55N9O7S/c1-55-41-27-33(11-16-39(41)44(54-55)57-24-19-42(59)52-48(57)61)32-17-22-56(23-18-32)30-31-6-4-9-38(26-31)66(62,63)37-14-12-34(13-15-37)51-47-50-29-40-45(53-47)58(46(60)49(40)20-21-49)35-7-5-8-36(28-35)65-43-10-2-3-25-64-43/h4,6,9,11-16,26-27,29,32,35-36,43H,2-3,5,7-8,10,17-25,28,30H2,1H3,(H,50,51,53)(H,52,59,61)/t35-,36-,43?/m1/s1. The van der Waals surface area contributed by atoms with E-state index < -0.39 is 21.3 Å². The number of aromatic nitrogens is 4. The molecule has 4 amide bonds. The number of benzene rings is 3. The van der Waals surface area contributed by atoms with Crippen LogP contribution in [-0.4, -0.2) is 95.6 Å². The summed E-state index contributed by atoms with van der Waals surface area (Å²) in [6, 6.07) is 19.7. The number of aryl methyl sites for hydroxylation is 1. The first-order valence-electron chi connectivity index (χ1n) is 23.5. The maximum Gasteiger partial charge on any atom is 0.329 e. The number of likely N-dealkylation sites (tertiary alicyclic amines) is 1. The molecule has 1 spiro atoms. The number of imide groups is 1. The van der Waals surface area contributed by atoms with Crippen molar-refractivity contribution in [1.29, 1.82) is 0 Å². The lowest BCUT2D eigenvalue weighted by molar-refractivity contribution is -0.193. The SMILES string of the molecule is Cn1nc(N2CCC(=O)NC2=O)c2ccc(C3CCN(Cc4cccc(S(=O)(=O)c5ccc(Nc6ncc7c(n6)N([C@@H]6CCC[C@@H](OC8CCCCO8)C6)C(=O)C76CC6)cc5)c4)CC3)cc21. The fourth-order valence-corrected chi connectivity index (χ4v) is 12.1. The Morgan fingerprint density at radius 1 is 0.894 bits per heavy atom. The minimum absolute atomic E-state index is 0.0128. The van der Waals surface area contributed by atoms with Crippen LogP contribution in [0.4, 0.5) is 28.1 Å². The molecule has 0 radical (unpaired) electrons. The van der Waals surface area contributed by atoms with Gasteiger partial charge in [-0.15, -0.1) is 0 Å². The zero-order chi connectivity index (χ0) is 45.2. The van der Waals surface area contributed by atoms with Gasteiger partial charge in [0.05, 0.1) is 26.8 Å². The Kier molecular flexibility index (Phi) is 11.1. The van der Waals surface area contributed by atoms with Gasteiger partial charge in [-0.05, 0) is 149 Å². The summed E-state index contributed by atoms with van der Waals surface area (Å²) in [5.41, 5.74) is 4.10. The van der Waals surface area contributed by atoms with E-state index in [2.05, 4.69) is 37.7 Å². The number of piperidine rings is 1. The van der Waals surface area contributed by atoms with E-state index in [9.17, 15) is 22.8 Å². The number of fused-ring (bicyclic) bond motifs is 3. The third-order valence-electron chi connectivity index (χ3n) is 14.6. The first-order valence-corrected chi connectivity index (χ1v) is 25.0. The average Bonchev–Trinajstić information content (AvgIpc) is 4.02. The van der Waals surface area contributed by atoms with Crippen LogP contribution < -0.4 is 20.4 Å². The minimum atomic E-state index is -3.81. The van der Waals surface area contributed by atoms with Crippen LogP contribution in [0.3, 0.4) is 0 Å². The van der Waals surface area contributed by atoms with Crippen LogP contribution in [0.15, 0.2) is 82.7 Å². The monoisotopic (exact) mass is 913 g/mol. The molecule has 3 aromatic carbocycles. The summed E-state index contributed by atoms with van der Waals surface area (Å²) in [6.45, 7) is 3.39. The van der Waals surface area contributed by atoms with Gasteiger partial charge in [-0.3, -0.25) is 34.3 Å². The number of carbonyl (C=O) groups is 3. The lowest BCUT2D eigenvalue weighted by Crippen LogP contribution is -2.49. The molecule has 6 heterocycles. The molecule has 0 bridgehead atoms. The Morgan fingerprint density at radius 2 is 1.73 bits per heavy atom. The number of hydrogen-bond donors (Lipinski definition) is 2. The number of carbonyl (C=O) groups excluding carboxylic acids is 3. The number of ether oxygens (including phenoxy) is 2. The molecule has 11 rings (SSSR count). The molecule has 66 heavy (non-hydrogen) atoms. The van der Waals surface area contributed by atoms with Gasteiger partial charge in [0.15, 0.2) is 12.1 Å². The predicted molar refractivity (Wildman–Crippen MR) is 246 cm³/mol. The molecule has 2 aliphatic carbocycles. The second kappa shape index (κ2) is 17.2. The summed E-state index contributed by atoms with van der Waals surface area (Å²) in [5.74, 6) is 1.76. The number of anilines is 4. The quantitative estimate of drug-likeness (QED) is 0.139. The van der Waals surface area contributed by atoms with Crippen LogP contribution in [0.25, 0.3) is 10.9 Å². The highest BCUT2D eigenvalue weighted by molar-refractivity contribution is 7.91. The van der Waals surface area contributed by atoms with Crippen LogP contribution in [-0.2, 0) is 47.9 Å². The molecule has 5 fully saturated rings. The lowest BCUT2D eigenvalue weighted by atomic mass is 9.89. The van der Waals surface area contributed by atoms with Crippen molar-refractivity contribution in [2.75, 3.05) is 41.4 Å². The van der Waals surface area contributed by atoms with Crippen LogP contribution in [0.5, 0.6) is 0 Å². The smallest absolute Gasteiger partial charge is 0.329 e. The van der Waals surface area contributed by atoms with Crippen molar-refractivity contribution in [2.45, 2.75) is 123 Å². The van der Waals surface area contributed by atoms with Crippen LogP contribution in [0.2, 0.25) is 0 Å². The highest BCUT2D eigenvalue weighted by atomic mass is 32.2. The number of rotatable bonds is 11. The zero-order valence-corrected chi connectivity index (χ0v) is 38.0. The highest BCUT2D eigenvalue weighted by Crippen LogP contribution is 2.58. The van der Waals surface area contributed by atoms with E-state index in [1.807, 2.05) is 30.1 Å². The van der Waals surface area contributed by atoms with Crippen molar-refractivity contribution in [1.82, 2.24) is 30.0 Å². The van der Waals surface area contributed by atoms with E-state index in [-0.39, 0.29) is 46.5 Å². The fraction of sp³-hybridized carbons (Fsp3) is 0.469. The van der Waals surface area contributed by atoms with Gasteiger partial charge in [0.1, 0.15) is 5.82 Å². The predicted octanol–water partition coefficient (Wildman–Crippen LogP) is 7.00.